The molecular formula is C33H29F4N3O4. The maximum Gasteiger partial charge on any atom is 0.416 e. The molecule has 7 nitrogen and oxygen atoms in total. The molecule has 1 heterocycles. The number of amides is 1. The lowest BCUT2D eigenvalue weighted by molar-refractivity contribution is -0.137. The molecule has 0 aliphatic carbocycles. The predicted molar refractivity (Wildman–Crippen MR) is 157 cm³/mol. The lowest BCUT2D eigenvalue weighted by Crippen LogP contribution is -2.30. The Hall–Kier alpha value is -4.93. The van der Waals surface area contributed by atoms with Crippen LogP contribution in [0.15, 0.2) is 77.7 Å². The minimum atomic E-state index is -4.83. The van der Waals surface area contributed by atoms with Crippen LogP contribution >= 0.6 is 0 Å². The standard InChI is InChI=1S/C33H29F4N3O4/c1-4-19(3)31(43)39-27-17-38-30(23-8-6-7-22(15-23)28(41)5-2)40(32(27)44)18-20-13-24(16-25(14-20)33(35,36)37)29(42)21-9-11-26(34)12-10-21/h6-17,19H,4-5,18H2,1-3H3,(H,39,43)/t19-/m1/s1. The highest BCUT2D eigenvalue weighted by Crippen LogP contribution is 2.32. The second-order valence-corrected chi connectivity index (χ2v) is 10.3. The lowest BCUT2D eigenvalue weighted by atomic mass is 9.98. The number of hydrogen-bond donors (Lipinski definition) is 1. The molecule has 0 saturated heterocycles. The second-order valence-electron chi connectivity index (χ2n) is 10.3. The van der Waals surface area contributed by atoms with Crippen molar-refractivity contribution in [3.05, 3.63) is 117 Å². The fraction of sp³-hybridized carbons (Fsp3) is 0.242. The average Bonchev–Trinajstić information content (AvgIpc) is 3.01. The van der Waals surface area contributed by atoms with E-state index in [-0.39, 0.29) is 40.4 Å². The SMILES string of the molecule is CCC(=O)c1cccc(-c2ncc(NC(=O)[C@H](C)CC)c(=O)n2Cc2cc(C(=O)c3ccc(F)cc3)cc(C(F)(F)F)c2)c1. The Bertz CT molecular complexity index is 1780. The molecule has 1 N–H and O–H groups in total. The van der Waals surface area contributed by atoms with Gasteiger partial charge >= 0.3 is 6.18 Å². The van der Waals surface area contributed by atoms with Crippen LogP contribution in [-0.2, 0) is 17.5 Å². The van der Waals surface area contributed by atoms with Gasteiger partial charge in [0.1, 0.15) is 17.3 Å². The molecule has 4 aromatic rings. The first-order valence-electron chi connectivity index (χ1n) is 13.9. The molecule has 228 valence electrons. The van der Waals surface area contributed by atoms with E-state index in [1.807, 2.05) is 0 Å². The monoisotopic (exact) mass is 607 g/mol. The molecule has 1 aromatic heterocycles. The minimum Gasteiger partial charge on any atom is -0.320 e. The fourth-order valence-corrected chi connectivity index (χ4v) is 4.46. The number of carbonyl (C=O) groups is 3. The molecule has 0 radical (unpaired) electrons. The second kappa shape index (κ2) is 13.2. The first-order valence-corrected chi connectivity index (χ1v) is 13.9. The molecular weight excluding hydrogens is 578 g/mol. The molecule has 0 fully saturated rings. The van der Waals surface area contributed by atoms with Gasteiger partial charge in [0.15, 0.2) is 11.6 Å². The van der Waals surface area contributed by atoms with Crippen LogP contribution in [0.1, 0.15) is 71.0 Å². The number of rotatable bonds is 10. The molecule has 0 unspecified atom stereocenters. The van der Waals surface area contributed by atoms with Crippen molar-refractivity contribution >= 4 is 23.2 Å². The summed E-state index contributed by atoms with van der Waals surface area (Å²) >= 11 is 0. The van der Waals surface area contributed by atoms with Gasteiger partial charge in [-0.15, -0.1) is 0 Å². The van der Waals surface area contributed by atoms with Gasteiger partial charge < -0.3 is 5.32 Å². The zero-order valence-corrected chi connectivity index (χ0v) is 24.2. The zero-order chi connectivity index (χ0) is 32.2. The molecule has 3 aromatic carbocycles. The summed E-state index contributed by atoms with van der Waals surface area (Å²) in [4.78, 5) is 56.2. The summed E-state index contributed by atoms with van der Waals surface area (Å²) in [7, 11) is 0. The Labute approximate surface area is 250 Å². The van der Waals surface area contributed by atoms with Crippen LogP contribution in [0.25, 0.3) is 11.4 Å². The Balaban J connectivity index is 1.89. The van der Waals surface area contributed by atoms with E-state index in [4.69, 9.17) is 0 Å². The Morgan fingerprint density at radius 1 is 0.932 bits per heavy atom. The van der Waals surface area contributed by atoms with E-state index in [9.17, 15) is 36.7 Å². The number of nitrogens with one attached hydrogen (secondary N) is 1. The van der Waals surface area contributed by atoms with Crippen molar-refractivity contribution in [3.8, 4) is 11.4 Å². The van der Waals surface area contributed by atoms with Gasteiger partial charge in [0.2, 0.25) is 5.91 Å². The summed E-state index contributed by atoms with van der Waals surface area (Å²) in [5.41, 5.74) is -1.76. The Kier molecular flexibility index (Phi) is 9.56. The normalized spacial score (nSPS) is 12.1. The number of benzene rings is 3. The summed E-state index contributed by atoms with van der Waals surface area (Å²) in [6.07, 6.45) is -2.95. The van der Waals surface area contributed by atoms with Gasteiger partial charge in [0, 0.05) is 34.6 Å². The summed E-state index contributed by atoms with van der Waals surface area (Å²) in [6, 6.07) is 13.4. The number of nitrogens with zero attached hydrogens (tertiary/aromatic N) is 2. The van der Waals surface area contributed by atoms with E-state index >= 15 is 0 Å². The number of Topliss-reactive ketones (excluding diaryl/α,β-unsaturated/α-hetero) is 1. The molecule has 0 spiro atoms. The third-order valence-corrected chi connectivity index (χ3v) is 7.16. The molecule has 4 rings (SSSR count). The van der Waals surface area contributed by atoms with Crippen LogP contribution in [-0.4, -0.2) is 27.0 Å². The highest BCUT2D eigenvalue weighted by atomic mass is 19.4. The van der Waals surface area contributed by atoms with Crippen LogP contribution in [0.5, 0.6) is 0 Å². The van der Waals surface area contributed by atoms with Gasteiger partial charge in [-0.3, -0.25) is 23.7 Å². The average molecular weight is 608 g/mol. The number of ketones is 2. The van der Waals surface area contributed by atoms with E-state index in [2.05, 4.69) is 10.3 Å². The number of hydrogen-bond acceptors (Lipinski definition) is 5. The van der Waals surface area contributed by atoms with Crippen LogP contribution in [0.4, 0.5) is 23.2 Å². The largest absolute Gasteiger partial charge is 0.416 e. The van der Waals surface area contributed by atoms with E-state index in [0.29, 0.717) is 23.6 Å². The molecule has 11 heteroatoms. The Morgan fingerprint density at radius 3 is 2.27 bits per heavy atom. The molecule has 1 amide bonds. The predicted octanol–water partition coefficient (Wildman–Crippen LogP) is 6.92. The van der Waals surface area contributed by atoms with Crippen molar-refractivity contribution in [2.75, 3.05) is 5.32 Å². The van der Waals surface area contributed by atoms with Crippen molar-refractivity contribution in [3.63, 3.8) is 0 Å². The van der Waals surface area contributed by atoms with E-state index in [1.54, 1.807) is 39.0 Å². The summed E-state index contributed by atoms with van der Waals surface area (Å²) in [5, 5.41) is 2.54. The van der Waals surface area contributed by atoms with Gasteiger partial charge in [0.05, 0.1) is 18.3 Å². The van der Waals surface area contributed by atoms with Crippen LogP contribution < -0.4 is 10.9 Å². The number of anilines is 1. The minimum absolute atomic E-state index is 0.0247. The molecule has 0 aliphatic heterocycles. The number of carbonyl (C=O) groups excluding carboxylic acids is 3. The van der Waals surface area contributed by atoms with E-state index in [1.165, 1.54) is 18.3 Å². The molecule has 0 aliphatic rings. The maximum atomic E-state index is 14.0. The smallest absolute Gasteiger partial charge is 0.320 e. The van der Waals surface area contributed by atoms with Gasteiger partial charge in [-0.1, -0.05) is 39.0 Å². The highest BCUT2D eigenvalue weighted by molar-refractivity contribution is 6.09. The number of alkyl halides is 3. The molecule has 1 atom stereocenters. The maximum absolute atomic E-state index is 14.0. The van der Waals surface area contributed by atoms with Gasteiger partial charge in [0.25, 0.3) is 5.56 Å². The quantitative estimate of drug-likeness (QED) is 0.156. The first kappa shape index (κ1) is 32.0. The van der Waals surface area contributed by atoms with Crippen LogP contribution in [0, 0.1) is 11.7 Å². The van der Waals surface area contributed by atoms with Gasteiger partial charge in [-0.2, -0.15) is 13.2 Å². The fourth-order valence-electron chi connectivity index (χ4n) is 4.46. The third kappa shape index (κ3) is 7.16. The van der Waals surface area contributed by atoms with Crippen molar-refractivity contribution in [2.24, 2.45) is 5.92 Å². The molecule has 44 heavy (non-hydrogen) atoms. The Morgan fingerprint density at radius 2 is 1.64 bits per heavy atom. The van der Waals surface area contributed by atoms with E-state index < -0.39 is 47.3 Å². The topological polar surface area (TPSA) is 98.1 Å². The third-order valence-electron chi connectivity index (χ3n) is 7.16. The van der Waals surface area contributed by atoms with E-state index in [0.717, 1.165) is 34.9 Å². The summed E-state index contributed by atoms with van der Waals surface area (Å²) < 4.78 is 56.4. The van der Waals surface area contributed by atoms with Crippen molar-refractivity contribution in [2.45, 2.75) is 46.3 Å². The van der Waals surface area contributed by atoms with Crippen molar-refractivity contribution in [1.82, 2.24) is 9.55 Å². The molecule has 0 bridgehead atoms. The van der Waals surface area contributed by atoms with Crippen molar-refractivity contribution in [1.29, 1.82) is 0 Å². The lowest BCUT2D eigenvalue weighted by Gasteiger charge is -2.17. The van der Waals surface area contributed by atoms with Gasteiger partial charge in [-0.05, 0) is 60.5 Å². The van der Waals surface area contributed by atoms with Gasteiger partial charge in [-0.25, -0.2) is 9.37 Å². The summed E-state index contributed by atoms with van der Waals surface area (Å²) in [6.45, 7) is 4.70. The molecule has 0 saturated carbocycles. The van der Waals surface area contributed by atoms with Crippen LogP contribution in [0.3, 0.4) is 0 Å². The summed E-state index contributed by atoms with van der Waals surface area (Å²) in [5.74, 6) is -2.39. The number of aromatic nitrogens is 2. The highest BCUT2D eigenvalue weighted by Gasteiger charge is 2.32. The number of halogens is 4. The zero-order valence-electron chi connectivity index (χ0n) is 24.2. The van der Waals surface area contributed by atoms with Crippen LogP contribution in [0.2, 0.25) is 0 Å². The first-order chi connectivity index (χ1) is 20.8. The van der Waals surface area contributed by atoms with Crippen molar-refractivity contribution < 1.29 is 31.9 Å².